The molecule has 1 saturated heterocycles. The third kappa shape index (κ3) is 3.10. The van der Waals surface area contributed by atoms with Crippen LogP contribution in [0, 0.1) is 5.92 Å². The van der Waals surface area contributed by atoms with Gasteiger partial charge in [-0.15, -0.1) is 0 Å². The zero-order valence-corrected chi connectivity index (χ0v) is 12.4. The molecule has 19 heavy (non-hydrogen) atoms. The zero-order valence-electron chi connectivity index (χ0n) is 12.4. The largest absolute Gasteiger partial charge is 0.444 e. The molecule has 0 aromatic heterocycles. The summed E-state index contributed by atoms with van der Waals surface area (Å²) in [5, 5.41) is 0. The Kier molecular flexibility index (Phi) is 3.88. The summed E-state index contributed by atoms with van der Waals surface area (Å²) in [7, 11) is 0. The van der Waals surface area contributed by atoms with Crippen LogP contribution in [0.25, 0.3) is 0 Å². The molecular weight excluding hydrogens is 242 g/mol. The van der Waals surface area contributed by atoms with Crippen molar-refractivity contribution in [2.75, 3.05) is 0 Å². The van der Waals surface area contributed by atoms with Gasteiger partial charge in [0.2, 0.25) is 0 Å². The first-order valence-electron chi connectivity index (χ1n) is 7.31. The van der Waals surface area contributed by atoms with Crippen molar-refractivity contribution in [1.29, 1.82) is 0 Å². The lowest BCUT2D eigenvalue weighted by molar-refractivity contribution is -0.121. The fourth-order valence-electron chi connectivity index (χ4n) is 3.40. The normalized spacial score (nSPS) is 30.9. The van der Waals surface area contributed by atoms with Gasteiger partial charge in [-0.25, -0.2) is 4.79 Å². The molecule has 0 aromatic rings. The van der Waals surface area contributed by atoms with Gasteiger partial charge in [-0.3, -0.25) is 9.69 Å². The molecule has 0 spiro atoms. The van der Waals surface area contributed by atoms with Crippen molar-refractivity contribution >= 4 is 11.9 Å². The molecule has 0 radical (unpaired) electrons. The number of carbonyl (C=O) groups excluding carboxylic acids is 2. The van der Waals surface area contributed by atoms with Gasteiger partial charge < -0.3 is 4.74 Å². The van der Waals surface area contributed by atoms with E-state index in [4.69, 9.17) is 4.74 Å². The summed E-state index contributed by atoms with van der Waals surface area (Å²) < 4.78 is 5.49. The number of fused-ring (bicyclic) bond motifs is 1. The number of rotatable bonds is 1. The highest BCUT2D eigenvalue weighted by atomic mass is 16.6. The van der Waals surface area contributed by atoms with Crippen LogP contribution in [0.5, 0.6) is 0 Å². The van der Waals surface area contributed by atoms with Crippen LogP contribution >= 0.6 is 0 Å². The van der Waals surface area contributed by atoms with E-state index in [9.17, 15) is 9.59 Å². The minimum Gasteiger partial charge on any atom is -0.444 e. The van der Waals surface area contributed by atoms with Crippen molar-refractivity contribution < 1.29 is 14.3 Å². The van der Waals surface area contributed by atoms with Crippen molar-refractivity contribution in [1.82, 2.24) is 4.90 Å². The van der Waals surface area contributed by atoms with Crippen molar-refractivity contribution in [3.63, 3.8) is 0 Å². The molecule has 1 saturated carbocycles. The van der Waals surface area contributed by atoms with Crippen molar-refractivity contribution in [3.8, 4) is 0 Å². The maximum atomic E-state index is 12.4. The van der Waals surface area contributed by atoms with Crippen LogP contribution in [0.15, 0.2) is 0 Å². The molecule has 2 unspecified atom stereocenters. The first-order chi connectivity index (χ1) is 8.79. The van der Waals surface area contributed by atoms with E-state index in [1.807, 2.05) is 20.8 Å². The standard InChI is InChI=1S/C15H25NO3/c1-10(17)13-9-11-7-5-6-8-12(11)16(13)14(18)19-15(2,3)4/h11-13H,5-9H2,1-4H3/t11?,12?,13-/m1/s1. The molecule has 1 amide bonds. The number of carbonyl (C=O) groups is 2. The van der Waals surface area contributed by atoms with Crippen molar-refractivity contribution in [2.45, 2.75) is 77.5 Å². The smallest absolute Gasteiger partial charge is 0.411 e. The molecule has 0 bridgehead atoms. The van der Waals surface area contributed by atoms with Crippen LogP contribution in [0.2, 0.25) is 0 Å². The van der Waals surface area contributed by atoms with Crippen molar-refractivity contribution in [2.24, 2.45) is 5.92 Å². The van der Waals surface area contributed by atoms with Gasteiger partial charge in [0, 0.05) is 6.04 Å². The monoisotopic (exact) mass is 267 g/mol. The SMILES string of the molecule is CC(=O)[C@H]1CC2CCCCC2N1C(=O)OC(C)(C)C. The van der Waals surface area contributed by atoms with Gasteiger partial charge in [-0.1, -0.05) is 12.8 Å². The van der Waals surface area contributed by atoms with Crippen LogP contribution in [0.1, 0.15) is 59.8 Å². The Morgan fingerprint density at radius 3 is 2.37 bits per heavy atom. The van der Waals surface area contributed by atoms with Gasteiger partial charge in [-0.05, 0) is 52.9 Å². The van der Waals surface area contributed by atoms with E-state index < -0.39 is 5.60 Å². The lowest BCUT2D eigenvalue weighted by atomic mass is 9.84. The molecule has 0 N–H and O–H groups in total. The summed E-state index contributed by atoms with van der Waals surface area (Å²) >= 11 is 0. The van der Waals surface area contributed by atoms with Gasteiger partial charge in [0.15, 0.2) is 5.78 Å². The topological polar surface area (TPSA) is 46.6 Å². The fraction of sp³-hybridized carbons (Fsp3) is 0.867. The predicted molar refractivity (Wildman–Crippen MR) is 72.9 cm³/mol. The molecule has 1 heterocycles. The fourth-order valence-corrected chi connectivity index (χ4v) is 3.40. The first kappa shape index (κ1) is 14.4. The lowest BCUT2D eigenvalue weighted by Crippen LogP contribution is -2.47. The highest BCUT2D eigenvalue weighted by Gasteiger charge is 2.47. The van der Waals surface area contributed by atoms with Crippen molar-refractivity contribution in [3.05, 3.63) is 0 Å². The number of hydrogen-bond donors (Lipinski definition) is 0. The van der Waals surface area contributed by atoms with E-state index in [-0.39, 0.29) is 24.0 Å². The molecule has 108 valence electrons. The number of nitrogens with zero attached hydrogens (tertiary/aromatic N) is 1. The second-order valence-corrected chi connectivity index (χ2v) is 6.86. The Labute approximate surface area is 115 Å². The minimum absolute atomic E-state index is 0.0836. The lowest BCUT2D eigenvalue weighted by Gasteiger charge is -2.34. The zero-order chi connectivity index (χ0) is 14.2. The van der Waals surface area contributed by atoms with Crippen LogP contribution in [-0.2, 0) is 9.53 Å². The number of amides is 1. The molecule has 2 fully saturated rings. The maximum Gasteiger partial charge on any atom is 0.411 e. The highest BCUT2D eigenvalue weighted by molar-refractivity contribution is 5.86. The Balaban J connectivity index is 2.17. The summed E-state index contributed by atoms with van der Waals surface area (Å²) in [6.07, 6.45) is 5.00. The van der Waals surface area contributed by atoms with E-state index in [0.717, 1.165) is 25.7 Å². The van der Waals surface area contributed by atoms with E-state index in [1.54, 1.807) is 11.8 Å². The number of ketones is 1. The molecule has 4 heteroatoms. The molecule has 4 nitrogen and oxygen atoms in total. The van der Waals surface area contributed by atoms with Crippen LogP contribution in [0.3, 0.4) is 0 Å². The number of ether oxygens (including phenoxy) is 1. The molecule has 1 aliphatic carbocycles. The second kappa shape index (κ2) is 5.14. The summed E-state index contributed by atoms with van der Waals surface area (Å²) in [4.78, 5) is 25.9. The van der Waals surface area contributed by atoms with Crippen LogP contribution in [0.4, 0.5) is 4.79 Å². The van der Waals surface area contributed by atoms with E-state index in [0.29, 0.717) is 5.92 Å². The molecule has 0 aromatic carbocycles. The number of hydrogen-bond acceptors (Lipinski definition) is 3. The molecule has 1 aliphatic heterocycles. The second-order valence-electron chi connectivity index (χ2n) is 6.86. The molecular formula is C15H25NO3. The van der Waals surface area contributed by atoms with Gasteiger partial charge >= 0.3 is 6.09 Å². The number of likely N-dealkylation sites (tertiary alicyclic amines) is 1. The third-order valence-corrected chi connectivity index (χ3v) is 4.16. The number of Topliss-reactive ketones (excluding diaryl/α,β-unsaturated/α-hetero) is 1. The Morgan fingerprint density at radius 1 is 1.16 bits per heavy atom. The quantitative estimate of drug-likeness (QED) is 0.733. The van der Waals surface area contributed by atoms with E-state index >= 15 is 0 Å². The van der Waals surface area contributed by atoms with Gasteiger partial charge in [0.1, 0.15) is 5.60 Å². The van der Waals surface area contributed by atoms with Gasteiger partial charge in [0.25, 0.3) is 0 Å². The summed E-state index contributed by atoms with van der Waals surface area (Å²) in [6, 6.07) is -0.0690. The Bertz CT molecular complexity index is 372. The van der Waals surface area contributed by atoms with Gasteiger partial charge in [-0.2, -0.15) is 0 Å². The first-order valence-corrected chi connectivity index (χ1v) is 7.31. The predicted octanol–water partition coefficient (Wildman–Crippen LogP) is 3.14. The van der Waals surface area contributed by atoms with Gasteiger partial charge in [0.05, 0.1) is 6.04 Å². The summed E-state index contributed by atoms with van der Waals surface area (Å²) in [5.41, 5.74) is -0.509. The maximum absolute atomic E-state index is 12.4. The minimum atomic E-state index is -0.509. The molecule has 2 aliphatic rings. The Morgan fingerprint density at radius 2 is 1.79 bits per heavy atom. The molecule has 3 atom stereocenters. The third-order valence-electron chi connectivity index (χ3n) is 4.16. The van der Waals surface area contributed by atoms with Crippen LogP contribution in [-0.4, -0.2) is 34.5 Å². The average molecular weight is 267 g/mol. The average Bonchev–Trinajstić information content (AvgIpc) is 2.65. The van der Waals surface area contributed by atoms with E-state index in [1.165, 1.54) is 6.42 Å². The Hall–Kier alpha value is -1.06. The summed E-state index contributed by atoms with van der Waals surface area (Å²) in [6.45, 7) is 7.17. The molecule has 2 rings (SSSR count). The van der Waals surface area contributed by atoms with E-state index in [2.05, 4.69) is 0 Å². The highest BCUT2D eigenvalue weighted by Crippen LogP contribution is 2.40. The summed E-state index contributed by atoms with van der Waals surface area (Å²) in [5.74, 6) is 0.565. The van der Waals surface area contributed by atoms with Crippen LogP contribution < -0.4 is 0 Å².